The Bertz CT molecular complexity index is 1780. The van der Waals surface area contributed by atoms with Crippen LogP contribution in [0.15, 0.2) is 132 Å². The van der Waals surface area contributed by atoms with Crippen LogP contribution in [0.5, 0.6) is 0 Å². The van der Waals surface area contributed by atoms with E-state index in [4.69, 9.17) is 0 Å². The predicted octanol–water partition coefficient (Wildman–Crippen LogP) is 7.29. The Morgan fingerprint density at radius 1 is 0.714 bits per heavy atom. The normalized spacial score (nSPS) is 11.1. The molecule has 0 saturated carbocycles. The summed E-state index contributed by atoms with van der Waals surface area (Å²) in [6.07, 6.45) is 1.69. The van der Waals surface area contributed by atoms with Crippen molar-refractivity contribution in [3.8, 4) is 0 Å². The zero-order chi connectivity index (χ0) is 29.3. The molecule has 3 N–H and O–H groups in total. The molecule has 6 nitrogen and oxygen atoms in total. The molecule has 0 aliphatic rings. The maximum absolute atomic E-state index is 13.6. The second-order valence-electron chi connectivity index (χ2n) is 9.63. The minimum atomic E-state index is -0.466. The van der Waals surface area contributed by atoms with Crippen LogP contribution in [0.25, 0.3) is 16.8 Å². The molecule has 0 fully saturated rings. The van der Waals surface area contributed by atoms with Gasteiger partial charge in [-0.05, 0) is 77.4 Å². The lowest BCUT2D eigenvalue weighted by atomic mass is 10.0. The highest BCUT2D eigenvalue weighted by molar-refractivity contribution is 8.00. The minimum absolute atomic E-state index is 0.107. The van der Waals surface area contributed by atoms with Gasteiger partial charge in [0, 0.05) is 21.8 Å². The number of carbonyl (C=O) groups is 3. The van der Waals surface area contributed by atoms with Crippen LogP contribution in [0.1, 0.15) is 21.5 Å². The highest BCUT2D eigenvalue weighted by Gasteiger charge is 2.16. The minimum Gasteiger partial charge on any atom is -0.325 e. The number of thioether (sulfide) groups is 1. The monoisotopic (exact) mass is 571 g/mol. The van der Waals surface area contributed by atoms with Crippen LogP contribution < -0.4 is 16.0 Å². The van der Waals surface area contributed by atoms with Crippen LogP contribution in [0, 0.1) is 6.92 Å². The van der Waals surface area contributed by atoms with E-state index in [0.29, 0.717) is 11.3 Å². The van der Waals surface area contributed by atoms with Gasteiger partial charge in [0.05, 0.1) is 5.75 Å². The molecule has 0 aliphatic carbocycles. The topological polar surface area (TPSA) is 87.3 Å². The zero-order valence-corrected chi connectivity index (χ0v) is 23.8. The first-order valence-electron chi connectivity index (χ1n) is 13.4. The Morgan fingerprint density at radius 3 is 2.21 bits per heavy atom. The van der Waals surface area contributed by atoms with Crippen molar-refractivity contribution in [3.63, 3.8) is 0 Å². The number of nitrogens with one attached hydrogen (secondary N) is 3. The highest BCUT2D eigenvalue weighted by Crippen LogP contribution is 2.24. The highest BCUT2D eigenvalue weighted by atomic mass is 32.2. The zero-order valence-electron chi connectivity index (χ0n) is 23.0. The van der Waals surface area contributed by atoms with E-state index in [2.05, 4.69) is 16.0 Å². The van der Waals surface area contributed by atoms with Crippen molar-refractivity contribution in [3.05, 3.63) is 144 Å². The first-order chi connectivity index (χ1) is 20.4. The Balaban J connectivity index is 1.33. The summed E-state index contributed by atoms with van der Waals surface area (Å²) in [4.78, 5) is 39.9. The van der Waals surface area contributed by atoms with Crippen molar-refractivity contribution >= 4 is 57.7 Å². The van der Waals surface area contributed by atoms with Crippen molar-refractivity contribution in [2.24, 2.45) is 0 Å². The maximum Gasteiger partial charge on any atom is 0.272 e. The fourth-order valence-electron chi connectivity index (χ4n) is 4.41. The molecule has 42 heavy (non-hydrogen) atoms. The first kappa shape index (κ1) is 28.4. The van der Waals surface area contributed by atoms with Crippen LogP contribution in [-0.4, -0.2) is 23.5 Å². The number of anilines is 2. The Labute approximate surface area is 248 Å². The first-order valence-corrected chi connectivity index (χ1v) is 14.4. The van der Waals surface area contributed by atoms with Gasteiger partial charge >= 0.3 is 0 Å². The van der Waals surface area contributed by atoms with Crippen LogP contribution in [-0.2, 0) is 9.59 Å². The van der Waals surface area contributed by atoms with Gasteiger partial charge in [-0.15, -0.1) is 11.8 Å². The summed E-state index contributed by atoms with van der Waals surface area (Å²) in [5.41, 5.74) is 3.71. The lowest BCUT2D eigenvalue weighted by Gasteiger charge is -2.13. The number of benzene rings is 5. The van der Waals surface area contributed by atoms with Crippen LogP contribution in [0.2, 0.25) is 0 Å². The second kappa shape index (κ2) is 13.5. The molecule has 5 rings (SSSR count). The van der Waals surface area contributed by atoms with E-state index < -0.39 is 5.91 Å². The van der Waals surface area contributed by atoms with E-state index in [1.54, 1.807) is 42.5 Å². The largest absolute Gasteiger partial charge is 0.325 e. The Morgan fingerprint density at radius 2 is 1.40 bits per heavy atom. The van der Waals surface area contributed by atoms with Crippen molar-refractivity contribution in [1.82, 2.24) is 5.32 Å². The number of hydrogen-bond donors (Lipinski definition) is 3. The lowest BCUT2D eigenvalue weighted by Crippen LogP contribution is -2.30. The molecule has 0 saturated heterocycles. The van der Waals surface area contributed by atoms with E-state index in [-0.39, 0.29) is 23.3 Å². The molecule has 0 atom stereocenters. The van der Waals surface area contributed by atoms with Gasteiger partial charge in [0.1, 0.15) is 5.70 Å². The maximum atomic E-state index is 13.6. The molecule has 3 amide bonds. The third-order valence-corrected chi connectivity index (χ3v) is 7.41. The van der Waals surface area contributed by atoms with Gasteiger partial charge in [-0.25, -0.2) is 0 Å². The van der Waals surface area contributed by atoms with Gasteiger partial charge < -0.3 is 16.0 Å². The van der Waals surface area contributed by atoms with Crippen LogP contribution in [0.4, 0.5) is 11.4 Å². The van der Waals surface area contributed by atoms with Gasteiger partial charge in [-0.2, -0.15) is 0 Å². The molecule has 0 radical (unpaired) electrons. The third kappa shape index (κ3) is 7.53. The summed E-state index contributed by atoms with van der Waals surface area (Å²) >= 11 is 1.37. The van der Waals surface area contributed by atoms with Gasteiger partial charge in [0.2, 0.25) is 5.91 Å². The fourth-order valence-corrected chi connectivity index (χ4v) is 5.16. The Hall–Kier alpha value is -5.14. The summed E-state index contributed by atoms with van der Waals surface area (Å²) in [5.74, 6) is -0.762. The average molecular weight is 572 g/mol. The fraction of sp³-hybridized carbons (Fsp3) is 0.0571. The summed E-state index contributed by atoms with van der Waals surface area (Å²) in [6.45, 7) is 1.97. The molecule has 0 aromatic heterocycles. The molecular formula is C35H29N3O3S. The molecule has 0 spiro atoms. The van der Waals surface area contributed by atoms with Gasteiger partial charge in [0.25, 0.3) is 11.8 Å². The molecule has 0 heterocycles. The third-order valence-electron chi connectivity index (χ3n) is 6.42. The Kier molecular flexibility index (Phi) is 9.11. The molecule has 0 bridgehead atoms. The van der Waals surface area contributed by atoms with E-state index >= 15 is 0 Å². The number of rotatable bonds is 9. The SMILES string of the molecule is Cc1cccc(NC(=O)CSc2cccc(NC(=O)/C(=C\c3cccc4ccccc34)NC(=O)c3ccccc3)c2)c1. The molecule has 7 heteroatoms. The second-order valence-corrected chi connectivity index (χ2v) is 10.7. The van der Waals surface area contributed by atoms with E-state index in [9.17, 15) is 14.4 Å². The molecule has 208 valence electrons. The number of fused-ring (bicyclic) bond motifs is 1. The molecule has 0 aliphatic heterocycles. The predicted molar refractivity (Wildman–Crippen MR) is 171 cm³/mol. The van der Waals surface area contributed by atoms with Crippen LogP contribution in [0.3, 0.4) is 0 Å². The van der Waals surface area contributed by atoms with Crippen molar-refractivity contribution in [2.75, 3.05) is 16.4 Å². The van der Waals surface area contributed by atoms with Crippen LogP contribution >= 0.6 is 11.8 Å². The number of amides is 3. The lowest BCUT2D eigenvalue weighted by molar-refractivity contribution is -0.114. The summed E-state index contributed by atoms with van der Waals surface area (Å²) in [5, 5.41) is 10.6. The van der Waals surface area contributed by atoms with Gasteiger partial charge in [-0.1, -0.05) is 78.9 Å². The van der Waals surface area contributed by atoms with E-state index in [0.717, 1.165) is 32.5 Å². The van der Waals surface area contributed by atoms with Crippen molar-refractivity contribution in [1.29, 1.82) is 0 Å². The van der Waals surface area contributed by atoms with Crippen molar-refractivity contribution in [2.45, 2.75) is 11.8 Å². The van der Waals surface area contributed by atoms with E-state index in [1.165, 1.54) is 11.8 Å². The summed E-state index contributed by atoms with van der Waals surface area (Å²) in [7, 11) is 0. The molecule has 0 unspecified atom stereocenters. The molecular weight excluding hydrogens is 542 g/mol. The van der Waals surface area contributed by atoms with E-state index in [1.807, 2.05) is 91.9 Å². The smallest absolute Gasteiger partial charge is 0.272 e. The molecule has 5 aromatic carbocycles. The number of aryl methyl sites for hydroxylation is 1. The molecule has 5 aromatic rings. The number of carbonyl (C=O) groups excluding carboxylic acids is 3. The standard InChI is InChI=1S/C35H29N3O3S/c1-24-10-7-16-28(20-24)36-33(39)23-42-30-18-9-17-29(22-30)37-35(41)32(38-34(40)26-12-3-2-4-13-26)21-27-15-8-14-25-11-5-6-19-31(25)27/h2-22H,23H2,1H3,(H,36,39)(H,37,41)(H,38,40)/b32-21+. The quantitative estimate of drug-likeness (QED) is 0.128. The summed E-state index contributed by atoms with van der Waals surface area (Å²) in [6, 6.07) is 37.3. The number of hydrogen-bond acceptors (Lipinski definition) is 4. The average Bonchev–Trinajstić information content (AvgIpc) is 3.00. The van der Waals surface area contributed by atoms with Gasteiger partial charge in [-0.3, -0.25) is 14.4 Å². The summed E-state index contributed by atoms with van der Waals surface area (Å²) < 4.78 is 0. The van der Waals surface area contributed by atoms with Gasteiger partial charge in [0.15, 0.2) is 0 Å². The van der Waals surface area contributed by atoms with Crippen molar-refractivity contribution < 1.29 is 14.4 Å².